The van der Waals surface area contributed by atoms with Crippen molar-refractivity contribution in [3.63, 3.8) is 0 Å². The summed E-state index contributed by atoms with van der Waals surface area (Å²) < 4.78 is 23.5. The van der Waals surface area contributed by atoms with Crippen molar-refractivity contribution >= 4 is 17.3 Å². The topological polar surface area (TPSA) is 70.8 Å². The van der Waals surface area contributed by atoms with E-state index in [0.29, 0.717) is 44.1 Å². The Labute approximate surface area is 222 Å². The number of aromatic nitrogens is 1. The summed E-state index contributed by atoms with van der Waals surface area (Å²) in [5, 5.41) is 0. The Kier molecular flexibility index (Phi) is 8.66. The smallest absolute Gasteiger partial charge is 0.350 e. The van der Waals surface area contributed by atoms with E-state index in [4.69, 9.17) is 18.6 Å². The largest absolute Gasteiger partial charge is 0.493 e. The zero-order valence-electron chi connectivity index (χ0n) is 21.8. The van der Waals surface area contributed by atoms with Gasteiger partial charge in [-0.3, -0.25) is 0 Å². The standard InChI is InChI=1S/C30H33NO5S/c1-5-30(29(32)33-6-2,36-25-10-8-7-9-11-25)20-23-13-15-24(16-14-23)34-19-18-26-22(4)35-28(31-26)27-17-12-21(3)37-27/h7-17H,5-6,18-20H2,1-4H3. The number of para-hydroxylation sites is 1. The normalized spacial score (nSPS) is 12.6. The van der Waals surface area contributed by atoms with E-state index in [-0.39, 0.29) is 5.97 Å². The van der Waals surface area contributed by atoms with Gasteiger partial charge in [-0.2, -0.15) is 0 Å². The maximum absolute atomic E-state index is 13.0. The molecule has 2 heterocycles. The molecule has 4 aromatic rings. The zero-order valence-corrected chi connectivity index (χ0v) is 22.6. The number of carbonyl (C=O) groups is 1. The van der Waals surface area contributed by atoms with Gasteiger partial charge in [0.15, 0.2) is 0 Å². The van der Waals surface area contributed by atoms with E-state index in [0.717, 1.165) is 27.6 Å². The number of hydrogen-bond donors (Lipinski definition) is 0. The first-order valence-corrected chi connectivity index (χ1v) is 13.4. The van der Waals surface area contributed by atoms with Crippen LogP contribution in [0.25, 0.3) is 10.8 Å². The predicted octanol–water partition coefficient (Wildman–Crippen LogP) is 6.97. The van der Waals surface area contributed by atoms with Gasteiger partial charge in [-0.05, 0) is 69.2 Å². The summed E-state index contributed by atoms with van der Waals surface area (Å²) in [6.45, 7) is 8.52. The molecule has 1 unspecified atom stereocenters. The van der Waals surface area contributed by atoms with E-state index in [1.807, 2.05) is 74.5 Å². The van der Waals surface area contributed by atoms with Gasteiger partial charge in [0.05, 0.1) is 23.8 Å². The SMILES string of the molecule is CCOC(=O)C(CC)(Cc1ccc(OCCc2nc(-c3ccc(C)s3)oc2C)cc1)Oc1ccccc1. The molecule has 2 aromatic carbocycles. The number of oxazole rings is 1. The minimum Gasteiger partial charge on any atom is -0.493 e. The lowest BCUT2D eigenvalue weighted by Crippen LogP contribution is -2.47. The van der Waals surface area contributed by atoms with Crippen LogP contribution < -0.4 is 9.47 Å². The van der Waals surface area contributed by atoms with Crippen molar-refractivity contribution in [2.45, 2.75) is 52.6 Å². The molecular formula is C30H33NO5S. The highest BCUT2D eigenvalue weighted by atomic mass is 32.1. The van der Waals surface area contributed by atoms with Gasteiger partial charge in [-0.15, -0.1) is 11.3 Å². The molecule has 0 radical (unpaired) electrons. The van der Waals surface area contributed by atoms with E-state index >= 15 is 0 Å². The lowest BCUT2D eigenvalue weighted by atomic mass is 9.91. The van der Waals surface area contributed by atoms with Crippen LogP contribution in [-0.2, 0) is 22.4 Å². The molecule has 0 N–H and O–H groups in total. The van der Waals surface area contributed by atoms with E-state index in [9.17, 15) is 4.79 Å². The first kappa shape index (κ1) is 26.5. The molecule has 0 amide bonds. The fourth-order valence-electron chi connectivity index (χ4n) is 4.08. The van der Waals surface area contributed by atoms with E-state index in [1.54, 1.807) is 18.3 Å². The summed E-state index contributed by atoms with van der Waals surface area (Å²) in [5.74, 6) is 2.50. The summed E-state index contributed by atoms with van der Waals surface area (Å²) in [4.78, 5) is 19.9. The van der Waals surface area contributed by atoms with Crippen molar-refractivity contribution < 1.29 is 23.4 Å². The summed E-state index contributed by atoms with van der Waals surface area (Å²) in [6, 6.07) is 21.2. The Morgan fingerprint density at radius 2 is 1.73 bits per heavy atom. The number of hydrogen-bond acceptors (Lipinski definition) is 7. The summed E-state index contributed by atoms with van der Waals surface area (Å²) in [5.41, 5.74) is 0.752. The minimum atomic E-state index is -1.11. The highest BCUT2D eigenvalue weighted by molar-refractivity contribution is 7.15. The van der Waals surface area contributed by atoms with Gasteiger partial charge in [-0.1, -0.05) is 37.3 Å². The van der Waals surface area contributed by atoms with Crippen molar-refractivity contribution in [3.05, 3.63) is 88.6 Å². The average molecular weight is 520 g/mol. The third-order valence-electron chi connectivity index (χ3n) is 6.14. The molecule has 0 bridgehead atoms. The number of ether oxygens (including phenoxy) is 3. The Bertz CT molecular complexity index is 1300. The van der Waals surface area contributed by atoms with Gasteiger partial charge < -0.3 is 18.6 Å². The van der Waals surface area contributed by atoms with Crippen LogP contribution in [0.3, 0.4) is 0 Å². The van der Waals surface area contributed by atoms with Crippen LogP contribution in [-0.4, -0.2) is 29.8 Å². The zero-order chi connectivity index (χ0) is 26.3. The fraction of sp³-hybridized carbons (Fsp3) is 0.333. The number of esters is 1. The highest BCUT2D eigenvalue weighted by Crippen LogP contribution is 2.30. The molecule has 194 valence electrons. The van der Waals surface area contributed by atoms with Crippen LogP contribution in [0.15, 0.2) is 71.1 Å². The van der Waals surface area contributed by atoms with Crippen LogP contribution >= 0.6 is 11.3 Å². The summed E-state index contributed by atoms with van der Waals surface area (Å²) >= 11 is 1.67. The number of nitrogens with zero attached hydrogens (tertiary/aromatic N) is 1. The Morgan fingerprint density at radius 1 is 0.973 bits per heavy atom. The van der Waals surface area contributed by atoms with Gasteiger partial charge in [-0.25, -0.2) is 9.78 Å². The van der Waals surface area contributed by atoms with Crippen molar-refractivity contribution in [1.29, 1.82) is 0 Å². The van der Waals surface area contributed by atoms with Gasteiger partial charge in [0.25, 0.3) is 0 Å². The maximum atomic E-state index is 13.0. The number of rotatable bonds is 12. The first-order valence-electron chi connectivity index (χ1n) is 12.6. The number of aryl methyl sites for hydroxylation is 2. The lowest BCUT2D eigenvalue weighted by molar-refractivity contribution is -0.162. The second-order valence-electron chi connectivity index (χ2n) is 8.83. The molecular weight excluding hydrogens is 486 g/mol. The van der Waals surface area contributed by atoms with E-state index in [1.165, 1.54) is 4.88 Å². The number of thiophene rings is 1. The molecule has 0 fully saturated rings. The Morgan fingerprint density at radius 3 is 2.38 bits per heavy atom. The molecule has 0 spiro atoms. The van der Waals surface area contributed by atoms with Crippen LogP contribution in [0.5, 0.6) is 11.5 Å². The van der Waals surface area contributed by atoms with Crippen molar-refractivity contribution in [2.24, 2.45) is 0 Å². The average Bonchev–Trinajstić information content (AvgIpc) is 3.50. The van der Waals surface area contributed by atoms with Gasteiger partial charge >= 0.3 is 5.97 Å². The lowest BCUT2D eigenvalue weighted by Gasteiger charge is -2.31. The molecule has 37 heavy (non-hydrogen) atoms. The molecule has 0 saturated carbocycles. The molecule has 1 atom stereocenters. The third-order valence-corrected chi connectivity index (χ3v) is 7.13. The van der Waals surface area contributed by atoms with Crippen LogP contribution in [0.2, 0.25) is 0 Å². The second kappa shape index (κ2) is 12.1. The highest BCUT2D eigenvalue weighted by Gasteiger charge is 2.41. The molecule has 0 saturated heterocycles. The quantitative estimate of drug-likeness (QED) is 0.188. The van der Waals surface area contributed by atoms with E-state index in [2.05, 4.69) is 18.0 Å². The van der Waals surface area contributed by atoms with Crippen LogP contribution in [0.1, 0.15) is 42.2 Å². The maximum Gasteiger partial charge on any atom is 0.350 e. The number of benzene rings is 2. The Hall–Kier alpha value is -3.58. The molecule has 4 rings (SSSR count). The molecule has 7 heteroatoms. The molecule has 2 aromatic heterocycles. The predicted molar refractivity (Wildman–Crippen MR) is 145 cm³/mol. The molecule has 0 aliphatic rings. The number of carbonyl (C=O) groups excluding carboxylic acids is 1. The van der Waals surface area contributed by atoms with Gasteiger partial charge in [0.1, 0.15) is 17.3 Å². The van der Waals surface area contributed by atoms with Gasteiger partial charge in [0, 0.05) is 17.7 Å². The van der Waals surface area contributed by atoms with Gasteiger partial charge in [0.2, 0.25) is 11.5 Å². The van der Waals surface area contributed by atoms with Crippen molar-refractivity contribution in [1.82, 2.24) is 4.98 Å². The molecule has 6 nitrogen and oxygen atoms in total. The fourth-order valence-corrected chi connectivity index (χ4v) is 4.88. The monoisotopic (exact) mass is 519 g/mol. The van der Waals surface area contributed by atoms with Crippen LogP contribution in [0, 0.1) is 13.8 Å². The Balaban J connectivity index is 1.39. The third kappa shape index (κ3) is 6.60. The summed E-state index contributed by atoms with van der Waals surface area (Å²) in [7, 11) is 0. The molecule has 0 aliphatic carbocycles. The van der Waals surface area contributed by atoms with Crippen molar-refractivity contribution in [2.75, 3.05) is 13.2 Å². The van der Waals surface area contributed by atoms with E-state index < -0.39 is 5.60 Å². The minimum absolute atomic E-state index is 0.297. The molecule has 0 aliphatic heterocycles. The summed E-state index contributed by atoms with van der Waals surface area (Å²) in [6.07, 6.45) is 1.51. The first-order chi connectivity index (χ1) is 17.9. The van der Waals surface area contributed by atoms with Crippen molar-refractivity contribution in [3.8, 4) is 22.3 Å². The van der Waals surface area contributed by atoms with Crippen LogP contribution in [0.4, 0.5) is 0 Å². The second-order valence-corrected chi connectivity index (χ2v) is 10.1.